The molecule has 9 heteroatoms. The van der Waals surface area contributed by atoms with Gasteiger partial charge < -0.3 is 19.4 Å². The Kier molecular flexibility index (Phi) is 4.73. The zero-order valence-electron chi connectivity index (χ0n) is 14.3. The average molecular weight is 371 g/mol. The van der Waals surface area contributed by atoms with E-state index in [2.05, 4.69) is 15.0 Å². The number of aromatic nitrogens is 3. The van der Waals surface area contributed by atoms with Crippen LogP contribution in [0.1, 0.15) is 27.2 Å². The van der Waals surface area contributed by atoms with Gasteiger partial charge in [0, 0.05) is 19.2 Å². The number of rotatable bonds is 2. The molecule has 0 aliphatic carbocycles. The first-order valence-corrected chi connectivity index (χ1v) is 8.40. The maximum absolute atomic E-state index is 14.3. The fourth-order valence-electron chi connectivity index (χ4n) is 2.61. The first kappa shape index (κ1) is 17.7. The van der Waals surface area contributed by atoms with Crippen molar-refractivity contribution in [3.8, 4) is 5.88 Å². The number of carbonyl (C=O) groups is 1. The zero-order chi connectivity index (χ0) is 18.2. The summed E-state index contributed by atoms with van der Waals surface area (Å²) in [5.41, 5.74) is -0.109. The second-order valence-corrected chi connectivity index (χ2v) is 7.26. The van der Waals surface area contributed by atoms with E-state index in [0.717, 1.165) is 0 Å². The summed E-state index contributed by atoms with van der Waals surface area (Å²) in [4.78, 5) is 24.6. The summed E-state index contributed by atoms with van der Waals surface area (Å²) in [6.45, 7) is 5.70. The number of ether oxygens (including phenoxy) is 2. The van der Waals surface area contributed by atoms with E-state index in [1.165, 1.54) is 4.90 Å². The summed E-state index contributed by atoms with van der Waals surface area (Å²) in [7, 11) is 0. The van der Waals surface area contributed by atoms with Gasteiger partial charge in [0.25, 0.3) is 0 Å². The molecule has 1 aliphatic heterocycles. The van der Waals surface area contributed by atoms with Gasteiger partial charge in [-0.05, 0) is 38.4 Å². The van der Waals surface area contributed by atoms with E-state index >= 15 is 0 Å². The maximum Gasteiger partial charge on any atom is 0.410 e. The molecule has 0 unspecified atom stereocenters. The van der Waals surface area contributed by atoms with E-state index in [1.54, 1.807) is 33.0 Å². The highest BCUT2D eigenvalue weighted by atomic mass is 35.5. The Morgan fingerprint density at radius 2 is 2.20 bits per heavy atom. The van der Waals surface area contributed by atoms with Crippen LogP contribution >= 0.6 is 11.6 Å². The maximum atomic E-state index is 14.3. The summed E-state index contributed by atoms with van der Waals surface area (Å²) < 4.78 is 25.4. The summed E-state index contributed by atoms with van der Waals surface area (Å²) in [5.74, 6) is 0.190. The molecule has 25 heavy (non-hydrogen) atoms. The smallest absolute Gasteiger partial charge is 0.410 e. The van der Waals surface area contributed by atoms with Crippen LogP contribution < -0.4 is 4.74 Å². The van der Waals surface area contributed by atoms with E-state index in [0.29, 0.717) is 11.0 Å². The third-order valence-corrected chi connectivity index (χ3v) is 3.92. The third-order valence-electron chi connectivity index (χ3n) is 3.75. The van der Waals surface area contributed by atoms with Gasteiger partial charge in [-0.1, -0.05) is 0 Å². The first-order chi connectivity index (χ1) is 11.7. The van der Waals surface area contributed by atoms with Crippen LogP contribution in [-0.2, 0) is 4.74 Å². The van der Waals surface area contributed by atoms with Crippen molar-refractivity contribution >= 4 is 28.7 Å². The number of likely N-dealkylation sites (tertiary alicyclic amines) is 1. The van der Waals surface area contributed by atoms with Crippen molar-refractivity contribution in [2.45, 2.75) is 45.1 Å². The number of H-pyrrole nitrogens is 1. The average Bonchev–Trinajstić information content (AvgIpc) is 2.95. The molecule has 3 heterocycles. The number of fused-ring (bicyclic) bond motifs is 1. The molecule has 0 spiro atoms. The van der Waals surface area contributed by atoms with Crippen LogP contribution in [0.4, 0.5) is 9.18 Å². The Labute approximate surface area is 149 Å². The van der Waals surface area contributed by atoms with Crippen molar-refractivity contribution in [1.82, 2.24) is 19.9 Å². The molecular formula is C16H20ClFN4O3. The number of nitrogens with zero attached hydrogens (tertiary/aromatic N) is 3. The molecule has 0 radical (unpaired) electrons. The molecule has 136 valence electrons. The number of piperidine rings is 1. The number of carbonyl (C=O) groups excluding carboxylic acids is 1. The molecule has 1 aliphatic rings. The van der Waals surface area contributed by atoms with Crippen LogP contribution in [0, 0.1) is 0 Å². The molecule has 0 aromatic carbocycles. The number of nitrogens with one attached hydrogen (secondary N) is 1. The van der Waals surface area contributed by atoms with Crippen molar-refractivity contribution in [2.24, 2.45) is 0 Å². The monoisotopic (exact) mass is 370 g/mol. The lowest BCUT2D eigenvalue weighted by atomic mass is 10.1. The van der Waals surface area contributed by atoms with Gasteiger partial charge in [-0.3, -0.25) is 0 Å². The molecule has 2 aromatic rings. The van der Waals surface area contributed by atoms with Gasteiger partial charge in [0.15, 0.2) is 0 Å². The number of hydrogen-bond acceptors (Lipinski definition) is 5. The molecule has 1 N–H and O–H groups in total. The highest BCUT2D eigenvalue weighted by Gasteiger charge is 2.35. The predicted octanol–water partition coefficient (Wildman–Crippen LogP) is 3.34. The topological polar surface area (TPSA) is 80.3 Å². The number of alkyl halides is 1. The summed E-state index contributed by atoms with van der Waals surface area (Å²) in [6.07, 6.45) is -0.727. The summed E-state index contributed by atoms with van der Waals surface area (Å²) in [5, 5.41) is 0.603. The summed E-state index contributed by atoms with van der Waals surface area (Å²) in [6, 6.07) is 1.72. The molecule has 1 fully saturated rings. The van der Waals surface area contributed by atoms with Gasteiger partial charge in [-0.15, -0.1) is 0 Å². The Morgan fingerprint density at radius 1 is 1.44 bits per heavy atom. The largest absolute Gasteiger partial charge is 0.469 e. The van der Waals surface area contributed by atoms with Gasteiger partial charge in [0.2, 0.25) is 11.2 Å². The highest BCUT2D eigenvalue weighted by molar-refractivity contribution is 6.28. The number of aromatic amines is 1. The molecule has 2 aromatic heterocycles. The third kappa shape index (κ3) is 4.12. The van der Waals surface area contributed by atoms with Crippen molar-refractivity contribution in [3.63, 3.8) is 0 Å². The highest BCUT2D eigenvalue weighted by Crippen LogP contribution is 2.27. The van der Waals surface area contributed by atoms with Crippen molar-refractivity contribution in [2.75, 3.05) is 13.1 Å². The van der Waals surface area contributed by atoms with Gasteiger partial charge in [-0.2, -0.15) is 9.97 Å². The Bertz CT molecular complexity index is 776. The van der Waals surface area contributed by atoms with Gasteiger partial charge in [-0.25, -0.2) is 9.18 Å². The van der Waals surface area contributed by atoms with Crippen molar-refractivity contribution in [1.29, 1.82) is 0 Å². The van der Waals surface area contributed by atoms with Crippen LogP contribution in [0.5, 0.6) is 5.88 Å². The van der Waals surface area contributed by atoms with E-state index in [1.807, 2.05) is 0 Å². The zero-order valence-corrected chi connectivity index (χ0v) is 15.0. The Balaban J connectivity index is 1.76. The van der Waals surface area contributed by atoms with Crippen LogP contribution in [0.15, 0.2) is 12.3 Å². The Morgan fingerprint density at radius 3 is 2.92 bits per heavy atom. The van der Waals surface area contributed by atoms with E-state index in [9.17, 15) is 9.18 Å². The number of amides is 1. The van der Waals surface area contributed by atoms with Crippen LogP contribution in [-0.4, -0.2) is 56.9 Å². The van der Waals surface area contributed by atoms with Gasteiger partial charge in [0.05, 0.1) is 11.9 Å². The molecule has 3 rings (SSSR count). The normalized spacial score (nSPS) is 21.4. The second-order valence-electron chi connectivity index (χ2n) is 6.93. The second kappa shape index (κ2) is 6.67. The standard InChI is InChI=1S/C16H20ClFN4O3/c1-16(2,3)25-15(23)22-7-5-10(18)11(8-22)24-13-9-4-6-19-12(9)20-14(17)21-13/h4,6,10-11H,5,7-8H2,1-3H3,(H,19,20,21)/t10-,11+/m0/s1. The van der Waals surface area contributed by atoms with Crippen LogP contribution in [0.3, 0.4) is 0 Å². The van der Waals surface area contributed by atoms with E-state index < -0.39 is 24.0 Å². The molecule has 0 bridgehead atoms. The lowest BCUT2D eigenvalue weighted by Gasteiger charge is -2.35. The van der Waals surface area contributed by atoms with Crippen molar-refractivity contribution in [3.05, 3.63) is 17.5 Å². The molecule has 1 amide bonds. The molecule has 0 saturated carbocycles. The van der Waals surface area contributed by atoms with E-state index in [-0.39, 0.29) is 30.7 Å². The molecular weight excluding hydrogens is 351 g/mol. The predicted molar refractivity (Wildman–Crippen MR) is 90.6 cm³/mol. The van der Waals surface area contributed by atoms with E-state index in [4.69, 9.17) is 21.1 Å². The molecule has 1 saturated heterocycles. The molecule has 2 atom stereocenters. The minimum absolute atomic E-state index is 0.000154. The van der Waals surface area contributed by atoms with Crippen LogP contribution in [0.2, 0.25) is 5.28 Å². The SMILES string of the molecule is CC(C)(C)OC(=O)N1CC[C@H](F)[C@H](Oc2nc(Cl)nc3[nH]ccc23)C1. The fourth-order valence-corrected chi connectivity index (χ4v) is 2.77. The molecule has 7 nitrogen and oxygen atoms in total. The number of hydrogen-bond donors (Lipinski definition) is 1. The summed E-state index contributed by atoms with van der Waals surface area (Å²) >= 11 is 5.89. The Hall–Kier alpha value is -2.09. The van der Waals surface area contributed by atoms with Gasteiger partial charge in [0.1, 0.15) is 23.5 Å². The number of halogens is 2. The minimum atomic E-state index is -1.22. The lowest BCUT2D eigenvalue weighted by Crippen LogP contribution is -2.51. The van der Waals surface area contributed by atoms with Crippen LogP contribution in [0.25, 0.3) is 11.0 Å². The first-order valence-electron chi connectivity index (χ1n) is 8.02. The van der Waals surface area contributed by atoms with Crippen molar-refractivity contribution < 1.29 is 18.7 Å². The van der Waals surface area contributed by atoms with Gasteiger partial charge >= 0.3 is 6.09 Å². The minimum Gasteiger partial charge on any atom is -0.469 e. The quantitative estimate of drug-likeness (QED) is 0.820. The fraction of sp³-hybridized carbons (Fsp3) is 0.562. The lowest BCUT2D eigenvalue weighted by molar-refractivity contribution is -0.0129.